The van der Waals surface area contributed by atoms with Crippen LogP contribution in [-0.4, -0.2) is 76.7 Å². The van der Waals surface area contributed by atoms with Gasteiger partial charge in [-0.15, -0.1) is 6.58 Å². The number of carbonyl (C=O) groups is 2. The van der Waals surface area contributed by atoms with Crippen LogP contribution in [0.2, 0.25) is 0 Å². The van der Waals surface area contributed by atoms with Crippen LogP contribution in [0.15, 0.2) is 49.7 Å². The molecular weight excluding hydrogens is 424 g/mol. The first-order valence-corrected chi connectivity index (χ1v) is 10.3. The van der Waals surface area contributed by atoms with Gasteiger partial charge in [-0.3, -0.25) is 14.5 Å². The van der Waals surface area contributed by atoms with Gasteiger partial charge in [-0.1, -0.05) is 30.9 Å². The quantitative estimate of drug-likeness (QED) is 0.327. The number of hydrogen-bond donors (Lipinski definition) is 3. The van der Waals surface area contributed by atoms with E-state index in [4.69, 9.17) is 24.5 Å². The minimum Gasteiger partial charge on any atom is -0.489 e. The van der Waals surface area contributed by atoms with Gasteiger partial charge >= 0.3 is 0 Å². The predicted octanol–water partition coefficient (Wildman–Crippen LogP) is 2.98. The minimum absolute atomic E-state index is 0.250. The number of rotatable bonds is 12. The van der Waals surface area contributed by atoms with Crippen molar-refractivity contribution in [3.8, 4) is 5.75 Å². The number of allylic oxidation sites excluding steroid dienone is 1. The normalized spacial score (nSPS) is 9.85. The number of imidazole rings is 1. The Morgan fingerprint density at radius 1 is 1.09 bits per heavy atom. The highest BCUT2D eigenvalue weighted by molar-refractivity contribution is 5.38. The van der Waals surface area contributed by atoms with Crippen molar-refractivity contribution in [2.45, 2.75) is 26.4 Å². The number of ether oxygens (including phenoxy) is 1. The Bertz CT molecular complexity index is 830. The molecule has 0 fully saturated rings. The van der Waals surface area contributed by atoms with E-state index in [1.54, 1.807) is 6.08 Å². The molecule has 9 heteroatoms. The van der Waals surface area contributed by atoms with E-state index in [-0.39, 0.29) is 12.9 Å². The summed E-state index contributed by atoms with van der Waals surface area (Å²) in [7, 11) is 4.21. The van der Waals surface area contributed by atoms with Crippen LogP contribution in [0.25, 0.3) is 0 Å². The molecule has 33 heavy (non-hydrogen) atoms. The molecule has 1 heterocycles. The van der Waals surface area contributed by atoms with Crippen LogP contribution in [0.3, 0.4) is 0 Å². The molecular formula is C24H36N4O5. The van der Waals surface area contributed by atoms with Crippen molar-refractivity contribution in [3.63, 3.8) is 0 Å². The Morgan fingerprint density at radius 2 is 1.76 bits per heavy atom. The molecule has 1 aromatic heterocycles. The van der Waals surface area contributed by atoms with Crippen molar-refractivity contribution < 1.29 is 24.5 Å². The van der Waals surface area contributed by atoms with E-state index >= 15 is 0 Å². The lowest BCUT2D eigenvalue weighted by Gasteiger charge is -2.24. The van der Waals surface area contributed by atoms with Crippen molar-refractivity contribution in [2.24, 2.45) is 0 Å². The van der Waals surface area contributed by atoms with Crippen LogP contribution in [0.1, 0.15) is 22.6 Å². The fourth-order valence-corrected chi connectivity index (χ4v) is 2.94. The molecule has 0 saturated carbocycles. The van der Waals surface area contributed by atoms with Crippen molar-refractivity contribution in [2.75, 3.05) is 33.8 Å². The second-order valence-electron chi connectivity index (χ2n) is 7.25. The zero-order chi connectivity index (χ0) is 25.1. The van der Waals surface area contributed by atoms with Crippen LogP contribution < -0.4 is 4.74 Å². The molecule has 0 aliphatic carbocycles. The number of aromatic nitrogens is 2. The molecule has 0 aliphatic rings. The first-order valence-electron chi connectivity index (χ1n) is 10.3. The summed E-state index contributed by atoms with van der Waals surface area (Å²) in [4.78, 5) is 29.0. The van der Waals surface area contributed by atoms with Crippen LogP contribution in [0.4, 0.5) is 0 Å². The summed E-state index contributed by atoms with van der Waals surface area (Å²) in [6.45, 7) is 13.3. The van der Waals surface area contributed by atoms with Gasteiger partial charge in [0.1, 0.15) is 18.2 Å². The maximum absolute atomic E-state index is 8.36. The number of carboxylic acid groups (broad SMARTS) is 2. The van der Waals surface area contributed by atoms with Gasteiger partial charge in [-0.25, -0.2) is 4.98 Å². The minimum atomic E-state index is -0.250. The van der Waals surface area contributed by atoms with E-state index in [2.05, 4.69) is 65.2 Å². The standard InChI is InChI=1S/C22H32N4O.2CH2O2/c1-6-8-20-14-19(9-10-22(20)27-13-7-2)16-26(12-11-25(4)5)17-21-15-23-18(3)24-21;2*2-1-3/h6-7,9-10,14-15H,1-2,8,11-13,16-17H2,3-5H3,(H,23,24);2*1H,(H,2,3). The fraction of sp³-hybridized carbons (Fsp3) is 0.375. The topological polar surface area (TPSA) is 119 Å². The van der Waals surface area contributed by atoms with Crippen LogP contribution in [-0.2, 0) is 29.1 Å². The van der Waals surface area contributed by atoms with Crippen molar-refractivity contribution in [1.29, 1.82) is 0 Å². The number of H-pyrrole nitrogens is 1. The summed E-state index contributed by atoms with van der Waals surface area (Å²) in [5.74, 6) is 1.86. The van der Waals surface area contributed by atoms with Gasteiger partial charge in [-0.2, -0.15) is 0 Å². The number of hydrogen-bond acceptors (Lipinski definition) is 6. The van der Waals surface area contributed by atoms with Gasteiger partial charge in [0.2, 0.25) is 0 Å². The smallest absolute Gasteiger partial charge is 0.290 e. The van der Waals surface area contributed by atoms with E-state index in [0.29, 0.717) is 6.61 Å². The number of benzene rings is 1. The lowest BCUT2D eigenvalue weighted by Crippen LogP contribution is -2.31. The molecule has 0 spiro atoms. The van der Waals surface area contributed by atoms with Gasteiger partial charge in [0, 0.05) is 38.1 Å². The van der Waals surface area contributed by atoms with Gasteiger partial charge in [0.15, 0.2) is 0 Å². The third kappa shape index (κ3) is 13.6. The summed E-state index contributed by atoms with van der Waals surface area (Å²) < 4.78 is 5.78. The summed E-state index contributed by atoms with van der Waals surface area (Å²) in [6.07, 6.45) is 6.39. The molecule has 0 saturated heterocycles. The highest BCUT2D eigenvalue weighted by atomic mass is 16.5. The second kappa shape index (κ2) is 18.2. The van der Waals surface area contributed by atoms with Gasteiger partial charge in [0.25, 0.3) is 12.9 Å². The number of nitrogens with zero attached hydrogens (tertiary/aromatic N) is 3. The molecule has 0 aliphatic heterocycles. The van der Waals surface area contributed by atoms with E-state index in [1.807, 2.05) is 19.2 Å². The molecule has 3 N–H and O–H groups in total. The fourth-order valence-electron chi connectivity index (χ4n) is 2.94. The first-order chi connectivity index (χ1) is 15.8. The zero-order valence-corrected chi connectivity index (χ0v) is 19.7. The van der Waals surface area contributed by atoms with Crippen molar-refractivity contribution in [1.82, 2.24) is 19.8 Å². The Morgan fingerprint density at radius 3 is 2.27 bits per heavy atom. The summed E-state index contributed by atoms with van der Waals surface area (Å²) in [6, 6.07) is 6.43. The Hall–Kier alpha value is -3.43. The highest BCUT2D eigenvalue weighted by Gasteiger charge is 2.11. The second-order valence-corrected chi connectivity index (χ2v) is 7.25. The zero-order valence-electron chi connectivity index (χ0n) is 19.7. The number of nitrogens with one attached hydrogen (secondary N) is 1. The Labute approximate surface area is 196 Å². The number of aromatic amines is 1. The summed E-state index contributed by atoms with van der Waals surface area (Å²) in [5.41, 5.74) is 3.57. The van der Waals surface area contributed by atoms with Crippen molar-refractivity contribution >= 4 is 12.9 Å². The summed E-state index contributed by atoms with van der Waals surface area (Å²) in [5, 5.41) is 13.8. The molecule has 0 atom stereocenters. The average molecular weight is 461 g/mol. The summed E-state index contributed by atoms with van der Waals surface area (Å²) >= 11 is 0. The van der Waals surface area contributed by atoms with Gasteiger partial charge in [0.05, 0.1) is 0 Å². The monoisotopic (exact) mass is 460 g/mol. The lowest BCUT2D eigenvalue weighted by atomic mass is 10.1. The average Bonchev–Trinajstić information content (AvgIpc) is 3.17. The van der Waals surface area contributed by atoms with E-state index in [0.717, 1.165) is 55.4 Å². The largest absolute Gasteiger partial charge is 0.489 e. The van der Waals surface area contributed by atoms with E-state index in [1.165, 1.54) is 5.56 Å². The Balaban J connectivity index is 0.00000154. The maximum atomic E-state index is 8.36. The van der Waals surface area contributed by atoms with Crippen molar-refractivity contribution in [3.05, 3.63) is 72.4 Å². The SMILES string of the molecule is C=CCOc1ccc(CN(CCN(C)C)Cc2cnc(C)[nH]2)cc1CC=C.O=CO.O=CO. The lowest BCUT2D eigenvalue weighted by molar-refractivity contribution is -0.123. The maximum Gasteiger partial charge on any atom is 0.290 e. The number of aryl methyl sites for hydroxylation is 1. The first kappa shape index (κ1) is 29.6. The predicted molar refractivity (Wildman–Crippen MR) is 129 cm³/mol. The molecule has 9 nitrogen and oxygen atoms in total. The molecule has 1 aromatic carbocycles. The highest BCUT2D eigenvalue weighted by Crippen LogP contribution is 2.22. The van der Waals surface area contributed by atoms with Gasteiger partial charge < -0.3 is 24.8 Å². The van der Waals surface area contributed by atoms with Crippen LogP contribution in [0, 0.1) is 6.92 Å². The van der Waals surface area contributed by atoms with E-state index < -0.39 is 0 Å². The van der Waals surface area contributed by atoms with E-state index in [9.17, 15) is 0 Å². The molecule has 2 rings (SSSR count). The van der Waals surface area contributed by atoms with Gasteiger partial charge in [-0.05, 0) is 44.6 Å². The van der Waals surface area contributed by atoms with Crippen LogP contribution >= 0.6 is 0 Å². The third-order valence-electron chi connectivity index (χ3n) is 4.26. The third-order valence-corrected chi connectivity index (χ3v) is 4.26. The Kier molecular flexibility index (Phi) is 16.3. The molecule has 182 valence electrons. The molecule has 0 bridgehead atoms. The molecule has 0 unspecified atom stereocenters. The molecule has 0 radical (unpaired) electrons. The molecule has 2 aromatic rings. The molecule has 0 amide bonds. The number of likely N-dealkylation sites (N-methyl/N-ethyl adjacent to an activating group) is 1. The van der Waals surface area contributed by atoms with Crippen LogP contribution in [0.5, 0.6) is 5.75 Å².